The summed E-state index contributed by atoms with van der Waals surface area (Å²) in [6.07, 6.45) is 3.93. The molecule has 1 aliphatic rings. The quantitative estimate of drug-likeness (QED) is 0.692. The van der Waals surface area contributed by atoms with Gasteiger partial charge in [-0.25, -0.2) is 0 Å². The summed E-state index contributed by atoms with van der Waals surface area (Å²) in [7, 11) is 1.79. The van der Waals surface area contributed by atoms with Gasteiger partial charge in [0.1, 0.15) is 0 Å². The first-order valence-electron chi connectivity index (χ1n) is 6.28. The lowest BCUT2D eigenvalue weighted by Crippen LogP contribution is -2.37. The first-order chi connectivity index (χ1) is 7.36. The molecule has 0 bridgehead atoms. The second kappa shape index (κ2) is 8.08. The zero-order valence-electron chi connectivity index (χ0n) is 10.3. The van der Waals surface area contributed by atoms with Crippen LogP contribution in [0.3, 0.4) is 0 Å². The van der Waals surface area contributed by atoms with E-state index in [0.717, 1.165) is 19.1 Å². The van der Waals surface area contributed by atoms with Gasteiger partial charge < -0.3 is 15.0 Å². The van der Waals surface area contributed by atoms with Crippen LogP contribution in [0.4, 0.5) is 0 Å². The average Bonchev–Trinajstić information content (AvgIpc) is 2.28. The second-order valence-electron chi connectivity index (χ2n) is 4.49. The van der Waals surface area contributed by atoms with Gasteiger partial charge in [-0.2, -0.15) is 0 Å². The summed E-state index contributed by atoms with van der Waals surface area (Å²) in [5.74, 6) is 0.898. The predicted molar refractivity (Wildman–Crippen MR) is 64.2 cm³/mol. The third-order valence-electron chi connectivity index (χ3n) is 3.13. The molecule has 3 heteroatoms. The Labute approximate surface area is 94.2 Å². The van der Waals surface area contributed by atoms with Crippen molar-refractivity contribution in [3.8, 4) is 0 Å². The molecule has 0 amide bonds. The van der Waals surface area contributed by atoms with Crippen LogP contribution in [-0.4, -0.2) is 51.3 Å². The van der Waals surface area contributed by atoms with Crippen LogP contribution in [0.2, 0.25) is 0 Å². The summed E-state index contributed by atoms with van der Waals surface area (Å²) in [6.45, 7) is 9.09. The Morgan fingerprint density at radius 3 is 2.60 bits per heavy atom. The molecule has 0 unspecified atom stereocenters. The van der Waals surface area contributed by atoms with E-state index in [0.29, 0.717) is 0 Å². The van der Waals surface area contributed by atoms with Crippen LogP contribution < -0.4 is 5.32 Å². The van der Waals surface area contributed by atoms with Gasteiger partial charge in [-0.1, -0.05) is 6.92 Å². The van der Waals surface area contributed by atoms with Crippen molar-refractivity contribution in [2.24, 2.45) is 5.92 Å². The molecular formula is C12H26N2O. The van der Waals surface area contributed by atoms with Crippen LogP contribution in [-0.2, 0) is 4.74 Å². The van der Waals surface area contributed by atoms with E-state index in [-0.39, 0.29) is 0 Å². The molecule has 3 nitrogen and oxygen atoms in total. The van der Waals surface area contributed by atoms with E-state index < -0.39 is 0 Å². The van der Waals surface area contributed by atoms with Crippen LogP contribution in [0.5, 0.6) is 0 Å². The number of rotatable bonds is 7. The largest absolute Gasteiger partial charge is 0.383 e. The fourth-order valence-electron chi connectivity index (χ4n) is 2.26. The number of hydrogen-bond donors (Lipinski definition) is 1. The zero-order chi connectivity index (χ0) is 10.9. The van der Waals surface area contributed by atoms with Crippen molar-refractivity contribution in [2.45, 2.75) is 26.2 Å². The van der Waals surface area contributed by atoms with Crippen LogP contribution in [0.1, 0.15) is 26.2 Å². The van der Waals surface area contributed by atoms with Gasteiger partial charge in [0.15, 0.2) is 0 Å². The van der Waals surface area contributed by atoms with E-state index in [1.165, 1.54) is 45.4 Å². The topological polar surface area (TPSA) is 24.5 Å². The highest BCUT2D eigenvalue weighted by molar-refractivity contribution is 4.72. The summed E-state index contributed by atoms with van der Waals surface area (Å²) in [5.41, 5.74) is 0. The van der Waals surface area contributed by atoms with E-state index in [2.05, 4.69) is 17.1 Å². The van der Waals surface area contributed by atoms with Gasteiger partial charge in [0.25, 0.3) is 0 Å². The fourth-order valence-corrected chi connectivity index (χ4v) is 2.26. The molecule has 0 atom stereocenters. The van der Waals surface area contributed by atoms with E-state index in [1.807, 2.05) is 0 Å². The van der Waals surface area contributed by atoms with Crippen molar-refractivity contribution in [2.75, 3.05) is 46.4 Å². The molecule has 0 spiro atoms. The maximum absolute atomic E-state index is 5.15. The molecule has 0 aliphatic carbocycles. The Kier molecular flexibility index (Phi) is 6.98. The van der Waals surface area contributed by atoms with Crippen LogP contribution in [0.15, 0.2) is 0 Å². The molecule has 0 aromatic heterocycles. The van der Waals surface area contributed by atoms with Crippen molar-refractivity contribution in [3.63, 3.8) is 0 Å². The minimum atomic E-state index is 0.866. The van der Waals surface area contributed by atoms with Crippen LogP contribution >= 0.6 is 0 Å². The van der Waals surface area contributed by atoms with Gasteiger partial charge in [-0.3, -0.25) is 0 Å². The van der Waals surface area contributed by atoms with Gasteiger partial charge in [0.05, 0.1) is 6.61 Å². The lowest BCUT2D eigenvalue weighted by atomic mass is 9.97. The normalized spacial score (nSPS) is 18.6. The average molecular weight is 214 g/mol. The highest BCUT2D eigenvalue weighted by Gasteiger charge is 2.16. The molecule has 0 aromatic rings. The van der Waals surface area contributed by atoms with E-state index >= 15 is 0 Å². The molecule has 0 saturated carbocycles. The summed E-state index contributed by atoms with van der Waals surface area (Å²) < 4.78 is 5.15. The molecule has 0 aromatic carbocycles. The van der Waals surface area contributed by atoms with Gasteiger partial charge in [-0.05, 0) is 44.8 Å². The molecule has 1 aliphatic heterocycles. The molecule has 0 radical (unpaired) electrons. The van der Waals surface area contributed by atoms with Gasteiger partial charge >= 0.3 is 0 Å². The van der Waals surface area contributed by atoms with Crippen molar-refractivity contribution < 1.29 is 4.74 Å². The highest BCUT2D eigenvalue weighted by Crippen LogP contribution is 2.13. The number of piperidine rings is 1. The summed E-state index contributed by atoms with van der Waals surface area (Å²) >= 11 is 0. The van der Waals surface area contributed by atoms with Gasteiger partial charge in [0.2, 0.25) is 0 Å². The first kappa shape index (κ1) is 12.9. The maximum Gasteiger partial charge on any atom is 0.0589 e. The Balaban J connectivity index is 2.21. The molecule has 1 rings (SSSR count). The van der Waals surface area contributed by atoms with E-state index in [4.69, 9.17) is 4.74 Å². The number of hydrogen-bond acceptors (Lipinski definition) is 3. The standard InChI is InChI=1S/C12H26N2O/c1-3-8-14(9-10-15-2)11-12-4-6-13-7-5-12/h12-13H,3-11H2,1-2H3. The Bertz CT molecular complexity index is 147. The number of methoxy groups -OCH3 is 1. The Morgan fingerprint density at radius 1 is 1.27 bits per heavy atom. The second-order valence-corrected chi connectivity index (χ2v) is 4.49. The molecule has 1 fully saturated rings. The lowest BCUT2D eigenvalue weighted by Gasteiger charge is -2.29. The van der Waals surface area contributed by atoms with Gasteiger partial charge in [0, 0.05) is 20.2 Å². The van der Waals surface area contributed by atoms with E-state index in [1.54, 1.807) is 7.11 Å². The number of nitrogens with one attached hydrogen (secondary N) is 1. The number of ether oxygens (including phenoxy) is 1. The predicted octanol–water partition coefficient (Wildman–Crippen LogP) is 1.34. The smallest absolute Gasteiger partial charge is 0.0589 e. The number of nitrogens with zero attached hydrogens (tertiary/aromatic N) is 1. The van der Waals surface area contributed by atoms with Gasteiger partial charge in [-0.15, -0.1) is 0 Å². The molecule has 15 heavy (non-hydrogen) atoms. The maximum atomic E-state index is 5.15. The minimum Gasteiger partial charge on any atom is -0.383 e. The Hall–Kier alpha value is -0.120. The third kappa shape index (κ3) is 5.50. The SMILES string of the molecule is CCCN(CCOC)CC1CCNCC1. The molecular weight excluding hydrogens is 188 g/mol. The van der Waals surface area contributed by atoms with Crippen LogP contribution in [0.25, 0.3) is 0 Å². The highest BCUT2D eigenvalue weighted by atomic mass is 16.5. The van der Waals surface area contributed by atoms with Crippen molar-refractivity contribution in [1.29, 1.82) is 0 Å². The van der Waals surface area contributed by atoms with Crippen molar-refractivity contribution in [1.82, 2.24) is 10.2 Å². The van der Waals surface area contributed by atoms with Crippen molar-refractivity contribution in [3.05, 3.63) is 0 Å². The minimum absolute atomic E-state index is 0.866. The van der Waals surface area contributed by atoms with Crippen LogP contribution in [0, 0.1) is 5.92 Å². The summed E-state index contributed by atoms with van der Waals surface area (Å²) in [6, 6.07) is 0. The molecule has 1 heterocycles. The third-order valence-corrected chi connectivity index (χ3v) is 3.13. The van der Waals surface area contributed by atoms with E-state index in [9.17, 15) is 0 Å². The summed E-state index contributed by atoms with van der Waals surface area (Å²) in [4.78, 5) is 2.56. The van der Waals surface area contributed by atoms with Crippen molar-refractivity contribution >= 4 is 0 Å². The lowest BCUT2D eigenvalue weighted by molar-refractivity contribution is 0.130. The Morgan fingerprint density at radius 2 is 2.00 bits per heavy atom. The first-order valence-corrected chi connectivity index (χ1v) is 6.28. The molecule has 90 valence electrons. The fraction of sp³-hybridized carbons (Fsp3) is 1.00. The monoisotopic (exact) mass is 214 g/mol. The molecule has 1 saturated heterocycles. The molecule has 1 N–H and O–H groups in total. The summed E-state index contributed by atoms with van der Waals surface area (Å²) in [5, 5.41) is 3.42. The zero-order valence-corrected chi connectivity index (χ0v) is 10.3.